The topological polar surface area (TPSA) is 69.0 Å². The van der Waals surface area contributed by atoms with Crippen LogP contribution in [0.4, 0.5) is 8.78 Å². The fourth-order valence-corrected chi connectivity index (χ4v) is 3.53. The third-order valence-electron chi connectivity index (χ3n) is 4.93. The molecule has 2 atom stereocenters. The first-order chi connectivity index (χ1) is 13.3. The minimum absolute atomic E-state index is 0.144. The molecule has 8 heteroatoms. The Balaban J connectivity index is 1.39. The lowest BCUT2D eigenvalue weighted by Gasteiger charge is -2.07. The summed E-state index contributed by atoms with van der Waals surface area (Å²) in [5.41, 5.74) is 2.97. The first kappa shape index (κ1) is 18.3. The van der Waals surface area contributed by atoms with Gasteiger partial charge in [0, 0.05) is 30.8 Å². The minimum atomic E-state index is -0.613. The summed E-state index contributed by atoms with van der Waals surface area (Å²) in [7, 11) is 1.77. The molecule has 2 heterocycles. The maximum atomic E-state index is 13.8. The van der Waals surface area contributed by atoms with E-state index in [-0.39, 0.29) is 24.5 Å². The zero-order valence-corrected chi connectivity index (χ0v) is 15.8. The van der Waals surface area contributed by atoms with Crippen LogP contribution in [0.25, 0.3) is 11.0 Å². The Morgan fingerprint density at radius 3 is 2.86 bits per heavy atom. The minimum Gasteiger partial charge on any atom is -0.466 e. The van der Waals surface area contributed by atoms with E-state index in [9.17, 15) is 13.6 Å². The molecule has 1 N–H and O–H groups in total. The van der Waals surface area contributed by atoms with Gasteiger partial charge < -0.3 is 10.1 Å². The summed E-state index contributed by atoms with van der Waals surface area (Å²) in [5, 5.41) is 7.90. The van der Waals surface area contributed by atoms with Crippen LogP contribution in [0, 0.1) is 25.5 Å². The molecule has 1 fully saturated rings. The molecule has 1 saturated carbocycles. The van der Waals surface area contributed by atoms with Crippen LogP contribution in [0.2, 0.25) is 0 Å². The van der Waals surface area contributed by atoms with Gasteiger partial charge in [-0.25, -0.2) is 18.4 Å². The number of benzene rings is 1. The highest BCUT2D eigenvalue weighted by atomic mass is 19.1. The van der Waals surface area contributed by atoms with E-state index in [1.54, 1.807) is 11.7 Å². The van der Waals surface area contributed by atoms with Crippen LogP contribution >= 0.6 is 0 Å². The van der Waals surface area contributed by atoms with E-state index in [1.165, 1.54) is 12.1 Å². The highest BCUT2D eigenvalue weighted by Gasteiger charge is 2.41. The molecule has 1 amide bonds. The number of carbonyl (C=O) groups is 1. The predicted molar refractivity (Wildman–Crippen MR) is 99.1 cm³/mol. The summed E-state index contributed by atoms with van der Waals surface area (Å²) >= 11 is 0. The number of carbonyl (C=O) groups excluding carboxylic acids is 1. The normalized spacial score (nSPS) is 18.3. The largest absolute Gasteiger partial charge is 0.466 e. The summed E-state index contributed by atoms with van der Waals surface area (Å²) in [5.74, 6) is -1.30. The molecule has 1 aromatic carbocycles. The molecule has 2 aromatic heterocycles. The van der Waals surface area contributed by atoms with Crippen molar-refractivity contribution in [3.05, 3.63) is 52.7 Å². The van der Waals surface area contributed by atoms with Crippen molar-refractivity contribution in [1.29, 1.82) is 0 Å². The number of nitrogens with one attached hydrogen (secondary N) is 1. The number of hydrogen-bond donors (Lipinski definition) is 1. The van der Waals surface area contributed by atoms with Gasteiger partial charge in [-0.3, -0.25) is 4.79 Å². The zero-order chi connectivity index (χ0) is 20.0. The number of hydrogen-bond acceptors (Lipinski definition) is 4. The van der Waals surface area contributed by atoms with Crippen LogP contribution in [-0.4, -0.2) is 33.3 Å². The lowest BCUT2D eigenvalue weighted by atomic mass is 10.1. The predicted octanol–water partition coefficient (Wildman–Crippen LogP) is 2.91. The molecule has 0 aliphatic heterocycles. The van der Waals surface area contributed by atoms with Crippen LogP contribution in [0.15, 0.2) is 24.3 Å². The van der Waals surface area contributed by atoms with E-state index in [0.29, 0.717) is 23.5 Å². The summed E-state index contributed by atoms with van der Waals surface area (Å²) < 4.78 is 34.1. The zero-order valence-electron chi connectivity index (χ0n) is 15.8. The van der Waals surface area contributed by atoms with Crippen molar-refractivity contribution in [3.8, 4) is 5.88 Å². The highest BCUT2D eigenvalue weighted by Crippen LogP contribution is 2.42. The average Bonchev–Trinajstić information content (AvgIpc) is 3.28. The van der Waals surface area contributed by atoms with Gasteiger partial charge >= 0.3 is 0 Å². The molecular weight excluding hydrogens is 366 g/mol. The van der Waals surface area contributed by atoms with E-state index >= 15 is 0 Å². The standard InChI is InChI=1S/C20H20F2N4O2/c1-10-6-11(2)23-19-18(10)20(25-26(19)3)28-9-17(27)24-16-8-14(16)13-5-4-12(21)7-15(13)22/h4-7,14,16H,8-9H2,1-3H3,(H,24,27)/t14-,16-/m1/s1. The van der Waals surface area contributed by atoms with Crippen molar-refractivity contribution in [3.63, 3.8) is 0 Å². The monoisotopic (exact) mass is 386 g/mol. The Morgan fingerprint density at radius 1 is 1.32 bits per heavy atom. The molecule has 146 valence electrons. The van der Waals surface area contributed by atoms with Gasteiger partial charge in [-0.2, -0.15) is 0 Å². The van der Waals surface area contributed by atoms with Crippen molar-refractivity contribution in [2.24, 2.45) is 7.05 Å². The fraction of sp³-hybridized carbons (Fsp3) is 0.350. The molecule has 4 rings (SSSR count). The molecular formula is C20H20F2N4O2. The van der Waals surface area contributed by atoms with E-state index < -0.39 is 11.6 Å². The van der Waals surface area contributed by atoms with Gasteiger partial charge in [0.1, 0.15) is 11.6 Å². The second-order valence-electron chi connectivity index (χ2n) is 7.18. The number of amides is 1. The SMILES string of the molecule is Cc1cc(C)c2c(OCC(=O)N[C@@H]3C[C@@H]3c3ccc(F)cc3F)nn(C)c2n1. The Hall–Kier alpha value is -3.03. The molecule has 0 saturated heterocycles. The first-order valence-electron chi connectivity index (χ1n) is 9.01. The molecule has 6 nitrogen and oxygen atoms in total. The summed E-state index contributed by atoms with van der Waals surface area (Å²) in [4.78, 5) is 16.7. The number of ether oxygens (including phenoxy) is 1. The van der Waals surface area contributed by atoms with Crippen molar-refractivity contribution in [2.45, 2.75) is 32.2 Å². The van der Waals surface area contributed by atoms with Crippen LogP contribution in [-0.2, 0) is 11.8 Å². The third kappa shape index (κ3) is 3.42. The number of pyridine rings is 1. The summed E-state index contributed by atoms with van der Waals surface area (Å²) in [6, 6.07) is 5.27. The van der Waals surface area contributed by atoms with Gasteiger partial charge in [-0.05, 0) is 43.5 Å². The maximum Gasteiger partial charge on any atom is 0.258 e. The van der Waals surface area contributed by atoms with E-state index in [1.807, 2.05) is 19.9 Å². The van der Waals surface area contributed by atoms with Gasteiger partial charge in [-0.15, -0.1) is 5.10 Å². The molecule has 0 spiro atoms. The number of aromatic nitrogens is 3. The number of fused-ring (bicyclic) bond motifs is 1. The van der Waals surface area contributed by atoms with Crippen LogP contribution in [0.3, 0.4) is 0 Å². The third-order valence-corrected chi connectivity index (χ3v) is 4.93. The lowest BCUT2D eigenvalue weighted by molar-refractivity contribution is -0.123. The fourth-order valence-electron chi connectivity index (χ4n) is 3.53. The van der Waals surface area contributed by atoms with Gasteiger partial charge in [-0.1, -0.05) is 6.07 Å². The van der Waals surface area contributed by atoms with Crippen molar-refractivity contribution < 1.29 is 18.3 Å². The highest BCUT2D eigenvalue weighted by molar-refractivity contribution is 5.86. The molecule has 1 aliphatic carbocycles. The molecule has 0 bridgehead atoms. The molecule has 0 radical (unpaired) electrons. The Labute approximate surface area is 160 Å². The van der Waals surface area contributed by atoms with E-state index in [2.05, 4.69) is 15.4 Å². The van der Waals surface area contributed by atoms with Gasteiger partial charge in [0.2, 0.25) is 5.88 Å². The average molecular weight is 386 g/mol. The maximum absolute atomic E-state index is 13.8. The molecule has 28 heavy (non-hydrogen) atoms. The van der Waals surface area contributed by atoms with Crippen molar-refractivity contribution in [2.75, 3.05) is 6.61 Å². The first-order valence-corrected chi connectivity index (χ1v) is 9.01. The van der Waals surface area contributed by atoms with Gasteiger partial charge in [0.15, 0.2) is 12.3 Å². The van der Waals surface area contributed by atoms with Crippen molar-refractivity contribution in [1.82, 2.24) is 20.1 Å². The summed E-state index contributed by atoms with van der Waals surface area (Å²) in [6.45, 7) is 3.65. The van der Waals surface area contributed by atoms with Crippen LogP contribution in [0.1, 0.15) is 29.2 Å². The lowest BCUT2D eigenvalue weighted by Crippen LogP contribution is -2.31. The van der Waals surface area contributed by atoms with Crippen LogP contribution < -0.4 is 10.1 Å². The Morgan fingerprint density at radius 2 is 2.11 bits per heavy atom. The van der Waals surface area contributed by atoms with E-state index in [4.69, 9.17) is 4.74 Å². The summed E-state index contributed by atoms with van der Waals surface area (Å²) in [6.07, 6.45) is 0.614. The smallest absolute Gasteiger partial charge is 0.258 e. The number of halogens is 2. The van der Waals surface area contributed by atoms with Crippen molar-refractivity contribution >= 4 is 16.9 Å². The Kier molecular flexibility index (Phi) is 4.49. The van der Waals surface area contributed by atoms with Gasteiger partial charge in [0.05, 0.1) is 5.39 Å². The number of nitrogens with zero attached hydrogens (tertiary/aromatic N) is 3. The quantitative estimate of drug-likeness (QED) is 0.732. The van der Waals surface area contributed by atoms with E-state index in [0.717, 1.165) is 22.7 Å². The second-order valence-corrected chi connectivity index (χ2v) is 7.18. The second kappa shape index (κ2) is 6.85. The molecule has 1 aliphatic rings. The molecule has 0 unspecified atom stereocenters. The number of aryl methyl sites for hydroxylation is 3. The Bertz CT molecular complexity index is 1080. The van der Waals surface area contributed by atoms with Gasteiger partial charge in [0.25, 0.3) is 5.91 Å². The number of rotatable bonds is 5. The van der Waals surface area contributed by atoms with Crippen LogP contribution in [0.5, 0.6) is 5.88 Å². The molecule has 3 aromatic rings.